The Balaban J connectivity index is 0. The number of aldehydes is 1. The first-order chi connectivity index (χ1) is 12.7. The normalized spacial score (nSPS) is 12.9. The van der Waals surface area contributed by atoms with E-state index in [9.17, 15) is 9.90 Å². The van der Waals surface area contributed by atoms with Gasteiger partial charge in [0.25, 0.3) is 0 Å². The number of carbonyl (C=O) groups excluding carboxylic acids is 1. The van der Waals surface area contributed by atoms with E-state index >= 15 is 0 Å². The molecule has 0 fully saturated rings. The van der Waals surface area contributed by atoms with Crippen LogP contribution in [0.1, 0.15) is 49.6 Å². The van der Waals surface area contributed by atoms with Crippen molar-refractivity contribution in [1.29, 1.82) is 0 Å². The van der Waals surface area contributed by atoms with Gasteiger partial charge in [-0.25, -0.2) is 10.8 Å². The second-order valence-corrected chi connectivity index (χ2v) is 6.69. The SMILES string of the molecule is CO.[CH2-]C(C)C(O)c1cc(C(C)C)cn2cc(CN(N)/C=C(\N)C=O)nc12.[CH3-].[U+2]. The Morgan fingerprint density at radius 2 is 1.93 bits per heavy atom. The molecule has 0 saturated carbocycles. The summed E-state index contributed by atoms with van der Waals surface area (Å²) in [6.07, 6.45) is 5.02. The van der Waals surface area contributed by atoms with E-state index in [1.165, 1.54) is 11.2 Å². The molecule has 0 saturated heterocycles. The van der Waals surface area contributed by atoms with E-state index in [0.717, 1.165) is 18.2 Å². The molecule has 29 heavy (non-hydrogen) atoms. The van der Waals surface area contributed by atoms with Crippen LogP contribution in [0.4, 0.5) is 0 Å². The standard InChI is InChI=1S/C18H26N5O2.CH4O.CH3.U/c1-11(2)13-5-16(17(25)12(3)4)18-21-15(8-22(18)6-13)9-23(20)7-14(19)10-24;1-2;;/h5-8,10-12,17,25H,3,9,19-20H2,1-2,4H3;2H,1H3;1H3;/q-1;;-1;+2/b14-7-;;;. The van der Waals surface area contributed by atoms with Crippen molar-refractivity contribution in [3.8, 4) is 0 Å². The predicted molar refractivity (Wildman–Crippen MR) is 111 cm³/mol. The molecule has 0 amide bonds. The number of fused-ring (bicyclic) bond motifs is 1. The van der Waals surface area contributed by atoms with Crippen LogP contribution < -0.4 is 11.6 Å². The van der Waals surface area contributed by atoms with E-state index in [-0.39, 0.29) is 56.7 Å². The third kappa shape index (κ3) is 8.11. The number of aromatic nitrogens is 2. The van der Waals surface area contributed by atoms with E-state index < -0.39 is 6.10 Å². The number of imidazole rings is 1. The zero-order valence-corrected chi connectivity index (χ0v) is 22.0. The Labute approximate surface area is 197 Å². The quantitative estimate of drug-likeness (QED) is 0.121. The molecule has 9 heteroatoms. The third-order valence-electron chi connectivity index (χ3n) is 3.97. The number of aliphatic hydroxyl groups is 2. The molecule has 2 unspecified atom stereocenters. The van der Waals surface area contributed by atoms with E-state index in [1.54, 1.807) is 0 Å². The Morgan fingerprint density at radius 3 is 2.41 bits per heavy atom. The molecule has 0 bridgehead atoms. The van der Waals surface area contributed by atoms with Crippen LogP contribution in [0, 0.1) is 51.4 Å². The van der Waals surface area contributed by atoms with Gasteiger partial charge in [0.2, 0.25) is 0 Å². The van der Waals surface area contributed by atoms with E-state index in [0.29, 0.717) is 23.5 Å². The van der Waals surface area contributed by atoms with Crippen molar-refractivity contribution in [2.75, 3.05) is 7.11 Å². The molecule has 0 aliphatic carbocycles. The van der Waals surface area contributed by atoms with Gasteiger partial charge in [0.15, 0.2) is 6.29 Å². The minimum Gasteiger partial charge on any atom is -0.400 e. The number of allylic oxidation sites excluding steroid dienone is 1. The first kappa shape index (κ1) is 29.8. The maximum atomic E-state index is 10.6. The fourth-order valence-electron chi connectivity index (χ4n) is 2.57. The van der Waals surface area contributed by atoms with Crippen molar-refractivity contribution in [1.82, 2.24) is 14.4 Å². The number of hydrogen-bond acceptors (Lipinski definition) is 7. The molecule has 8 nitrogen and oxygen atoms in total. The van der Waals surface area contributed by atoms with Crippen molar-refractivity contribution in [2.24, 2.45) is 17.5 Å². The van der Waals surface area contributed by atoms with Crippen LogP contribution in [-0.4, -0.2) is 38.0 Å². The zero-order chi connectivity index (χ0) is 20.7. The average molecular weight is 630 g/mol. The van der Waals surface area contributed by atoms with Gasteiger partial charge in [0, 0.05) is 31.3 Å². The van der Waals surface area contributed by atoms with Crippen molar-refractivity contribution >= 4 is 11.9 Å². The van der Waals surface area contributed by atoms with Crippen molar-refractivity contribution in [3.63, 3.8) is 0 Å². The zero-order valence-electron chi connectivity index (χ0n) is 17.8. The number of nitrogens with two attached hydrogens (primary N) is 2. The Bertz CT molecular complexity index is 790. The number of rotatable bonds is 7. The molecule has 0 radical (unpaired) electrons. The Morgan fingerprint density at radius 1 is 1.34 bits per heavy atom. The van der Waals surface area contributed by atoms with Crippen LogP contribution in [0.2, 0.25) is 0 Å². The van der Waals surface area contributed by atoms with Gasteiger partial charge in [0.1, 0.15) is 5.65 Å². The minimum absolute atomic E-state index is 0. The average Bonchev–Trinajstić information content (AvgIpc) is 3.03. The molecule has 2 heterocycles. The summed E-state index contributed by atoms with van der Waals surface area (Å²) in [4.78, 5) is 15.2. The fourth-order valence-corrected chi connectivity index (χ4v) is 2.57. The molecule has 2 rings (SSSR count). The summed E-state index contributed by atoms with van der Waals surface area (Å²) >= 11 is 0. The van der Waals surface area contributed by atoms with Crippen molar-refractivity contribution in [3.05, 3.63) is 61.5 Å². The van der Waals surface area contributed by atoms with Gasteiger partial charge in [-0.3, -0.25) is 4.79 Å². The summed E-state index contributed by atoms with van der Waals surface area (Å²) in [6.45, 7) is 10.3. The summed E-state index contributed by atoms with van der Waals surface area (Å²) in [7, 11) is 1.00. The van der Waals surface area contributed by atoms with Gasteiger partial charge < -0.3 is 39.7 Å². The monoisotopic (exact) mass is 629 g/mol. The van der Waals surface area contributed by atoms with Crippen LogP contribution in [0.25, 0.3) is 5.65 Å². The van der Waals surface area contributed by atoms with Crippen molar-refractivity contribution < 1.29 is 46.1 Å². The maximum Gasteiger partial charge on any atom is 2.00 e. The second kappa shape index (κ2) is 13.8. The largest absolute Gasteiger partial charge is 2.00 e. The number of hydrazine groups is 1. The van der Waals surface area contributed by atoms with Gasteiger partial charge in [-0.15, -0.1) is 5.92 Å². The van der Waals surface area contributed by atoms with Gasteiger partial charge >= 0.3 is 31.1 Å². The van der Waals surface area contributed by atoms with Crippen LogP contribution in [0.3, 0.4) is 0 Å². The summed E-state index contributed by atoms with van der Waals surface area (Å²) in [5, 5.41) is 18.8. The van der Waals surface area contributed by atoms with Gasteiger partial charge in [-0.05, 0) is 17.5 Å². The van der Waals surface area contributed by atoms with Crippen LogP contribution in [0.15, 0.2) is 30.4 Å². The summed E-state index contributed by atoms with van der Waals surface area (Å²) in [6, 6.07) is 1.98. The second-order valence-electron chi connectivity index (χ2n) is 6.69. The van der Waals surface area contributed by atoms with Crippen LogP contribution >= 0.6 is 0 Å². The van der Waals surface area contributed by atoms with Gasteiger partial charge in [-0.2, -0.15) is 0 Å². The Kier molecular flexibility index (Phi) is 14.2. The molecule has 2 atom stereocenters. The molecule has 0 aromatic carbocycles. The van der Waals surface area contributed by atoms with E-state index in [4.69, 9.17) is 16.7 Å². The molecule has 6 N–H and O–H groups in total. The summed E-state index contributed by atoms with van der Waals surface area (Å²) < 4.78 is 1.90. The molecule has 0 aliphatic rings. The molecule has 2 aromatic rings. The Hall–Kier alpha value is -1.37. The van der Waals surface area contributed by atoms with Crippen LogP contribution in [-0.2, 0) is 11.3 Å². The van der Waals surface area contributed by atoms with Gasteiger partial charge in [0.05, 0.1) is 24.0 Å². The molecular formula is C20H33N5O3U. The first-order valence-corrected chi connectivity index (χ1v) is 8.64. The molecule has 2 aromatic heterocycles. The minimum atomic E-state index is -0.712. The molecular weight excluding hydrogens is 596 g/mol. The number of aliphatic hydroxyl groups excluding tert-OH is 2. The smallest absolute Gasteiger partial charge is 0.400 e. The third-order valence-corrected chi connectivity index (χ3v) is 3.97. The molecule has 160 valence electrons. The molecule has 0 aliphatic heterocycles. The van der Waals surface area contributed by atoms with Gasteiger partial charge in [-0.1, -0.05) is 20.8 Å². The number of pyridine rings is 1. The summed E-state index contributed by atoms with van der Waals surface area (Å²) in [5.41, 5.74) is 8.70. The molecule has 0 spiro atoms. The fraction of sp³-hybridized carbons (Fsp3) is 0.400. The number of hydrogen-bond donors (Lipinski definition) is 4. The van der Waals surface area contributed by atoms with Crippen LogP contribution in [0.5, 0.6) is 0 Å². The number of carbonyl (C=O) groups is 1. The maximum absolute atomic E-state index is 10.6. The predicted octanol–water partition coefficient (Wildman–Crippen LogP) is 1.69. The summed E-state index contributed by atoms with van der Waals surface area (Å²) in [5.74, 6) is 5.97. The van der Waals surface area contributed by atoms with E-state index in [2.05, 4.69) is 25.8 Å². The topological polar surface area (TPSA) is 130 Å². The van der Waals surface area contributed by atoms with E-state index in [1.807, 2.05) is 29.8 Å². The first-order valence-electron chi connectivity index (χ1n) is 8.64. The number of nitrogens with zero attached hydrogens (tertiary/aromatic N) is 3. The van der Waals surface area contributed by atoms with Crippen molar-refractivity contribution in [2.45, 2.75) is 39.3 Å².